The van der Waals surface area contributed by atoms with Crippen LogP contribution in [0.4, 0.5) is 0 Å². The molecule has 0 radical (unpaired) electrons. The van der Waals surface area contributed by atoms with Crippen LogP contribution in [0.5, 0.6) is 0 Å². The van der Waals surface area contributed by atoms with E-state index in [1.54, 1.807) is 0 Å². The van der Waals surface area contributed by atoms with E-state index in [1.165, 1.54) is 12.8 Å². The number of carbonyl (C=O) groups excluding carboxylic acids is 1. The highest BCUT2D eigenvalue weighted by Crippen LogP contribution is 2.40. The van der Waals surface area contributed by atoms with Crippen LogP contribution >= 0.6 is 11.6 Å². The average molecular weight is 246 g/mol. The second kappa shape index (κ2) is 5.90. The van der Waals surface area contributed by atoms with Gasteiger partial charge in [0.25, 0.3) is 0 Å². The van der Waals surface area contributed by atoms with Crippen LogP contribution in [-0.4, -0.2) is 17.8 Å². The number of nitrogens with one attached hydrogen (secondary N) is 1. The zero-order valence-corrected chi connectivity index (χ0v) is 11.4. The van der Waals surface area contributed by atoms with Crippen LogP contribution < -0.4 is 5.32 Å². The molecule has 0 aliphatic heterocycles. The third-order valence-corrected chi connectivity index (χ3v) is 3.88. The largest absolute Gasteiger partial charge is 0.356 e. The number of alkyl halides is 1. The van der Waals surface area contributed by atoms with Gasteiger partial charge in [0.2, 0.25) is 5.91 Å². The fourth-order valence-electron chi connectivity index (χ4n) is 2.50. The topological polar surface area (TPSA) is 29.1 Å². The predicted octanol–water partition coefficient (Wildman–Crippen LogP) is 3.34. The molecule has 2 nitrogen and oxygen atoms in total. The Hall–Kier alpha value is -0.240. The van der Waals surface area contributed by atoms with Gasteiger partial charge in [-0.05, 0) is 31.6 Å². The smallest absolute Gasteiger partial charge is 0.223 e. The van der Waals surface area contributed by atoms with Crippen LogP contribution in [0, 0.1) is 11.3 Å². The average Bonchev–Trinajstić information content (AvgIpc) is 2.16. The molecule has 1 rings (SSSR count). The minimum Gasteiger partial charge on any atom is -0.356 e. The maximum absolute atomic E-state index is 12.0. The van der Waals surface area contributed by atoms with Crippen molar-refractivity contribution in [1.82, 2.24) is 5.32 Å². The number of halogens is 1. The molecule has 0 bridgehead atoms. The van der Waals surface area contributed by atoms with Crippen molar-refractivity contribution in [3.63, 3.8) is 0 Å². The Labute approximate surface area is 104 Å². The first-order valence-electron chi connectivity index (χ1n) is 6.35. The molecule has 1 fully saturated rings. The molecule has 0 aromatic carbocycles. The molecule has 3 heteroatoms. The van der Waals surface area contributed by atoms with Gasteiger partial charge in [-0.2, -0.15) is 0 Å². The molecule has 0 spiro atoms. The third-order valence-electron chi connectivity index (χ3n) is 3.67. The van der Waals surface area contributed by atoms with Crippen LogP contribution in [-0.2, 0) is 4.79 Å². The van der Waals surface area contributed by atoms with Gasteiger partial charge in [-0.1, -0.05) is 26.7 Å². The highest BCUT2D eigenvalue weighted by Gasteiger charge is 2.36. The first kappa shape index (κ1) is 13.8. The second-order valence-corrected chi connectivity index (χ2v) is 6.39. The highest BCUT2D eigenvalue weighted by molar-refractivity contribution is 6.20. The maximum Gasteiger partial charge on any atom is 0.223 e. The molecule has 1 N–H and O–H groups in total. The van der Waals surface area contributed by atoms with Gasteiger partial charge in [0, 0.05) is 17.8 Å². The summed E-state index contributed by atoms with van der Waals surface area (Å²) >= 11 is 5.85. The van der Waals surface area contributed by atoms with Crippen molar-refractivity contribution in [1.29, 1.82) is 0 Å². The van der Waals surface area contributed by atoms with Gasteiger partial charge >= 0.3 is 0 Å². The number of hydrogen-bond donors (Lipinski definition) is 1. The van der Waals surface area contributed by atoms with Crippen LogP contribution in [0.15, 0.2) is 0 Å². The molecule has 94 valence electrons. The molecule has 1 aliphatic rings. The normalized spacial score (nSPS) is 26.1. The molecule has 0 saturated heterocycles. The van der Waals surface area contributed by atoms with Crippen LogP contribution in [0.25, 0.3) is 0 Å². The van der Waals surface area contributed by atoms with E-state index in [1.807, 2.05) is 6.92 Å². The molecule has 0 heterocycles. The Kier molecular flexibility index (Phi) is 5.10. The van der Waals surface area contributed by atoms with Gasteiger partial charge in [0.1, 0.15) is 0 Å². The summed E-state index contributed by atoms with van der Waals surface area (Å²) in [7, 11) is 0. The van der Waals surface area contributed by atoms with Gasteiger partial charge < -0.3 is 5.32 Å². The van der Waals surface area contributed by atoms with E-state index < -0.39 is 0 Å². The molecule has 1 saturated carbocycles. The number of rotatable bonds is 4. The van der Waals surface area contributed by atoms with Crippen LogP contribution in [0.3, 0.4) is 0 Å². The molecule has 16 heavy (non-hydrogen) atoms. The molecular weight excluding hydrogens is 222 g/mol. The molecule has 2 atom stereocenters. The van der Waals surface area contributed by atoms with E-state index in [0.29, 0.717) is 6.54 Å². The monoisotopic (exact) mass is 245 g/mol. The molecule has 1 aliphatic carbocycles. The lowest BCUT2D eigenvalue weighted by Crippen LogP contribution is -2.41. The zero-order chi connectivity index (χ0) is 12.2. The summed E-state index contributed by atoms with van der Waals surface area (Å²) in [6.45, 7) is 7.08. The third kappa shape index (κ3) is 3.97. The standard InChI is InChI=1S/C13H24ClNO/c1-10(14)7-9-15-12(16)11-6-4-5-8-13(11,2)3/h10-11H,4-9H2,1-3H3,(H,15,16). The Morgan fingerprint density at radius 2 is 2.19 bits per heavy atom. The quantitative estimate of drug-likeness (QED) is 0.757. The van der Waals surface area contributed by atoms with Gasteiger partial charge in [-0.15, -0.1) is 11.6 Å². The summed E-state index contributed by atoms with van der Waals surface area (Å²) < 4.78 is 0. The first-order valence-corrected chi connectivity index (χ1v) is 6.79. The van der Waals surface area contributed by atoms with Crippen molar-refractivity contribution in [2.75, 3.05) is 6.54 Å². The van der Waals surface area contributed by atoms with E-state index in [9.17, 15) is 4.79 Å². The molecular formula is C13H24ClNO. The van der Waals surface area contributed by atoms with E-state index >= 15 is 0 Å². The fourth-order valence-corrected chi connectivity index (χ4v) is 2.61. The summed E-state index contributed by atoms with van der Waals surface area (Å²) in [5.74, 6) is 0.411. The van der Waals surface area contributed by atoms with E-state index in [0.717, 1.165) is 19.3 Å². The lowest BCUT2D eigenvalue weighted by molar-refractivity contribution is -0.130. The minimum absolute atomic E-state index is 0.139. The summed E-state index contributed by atoms with van der Waals surface area (Å²) in [4.78, 5) is 12.0. The Bertz CT molecular complexity index is 238. The van der Waals surface area contributed by atoms with E-state index in [4.69, 9.17) is 11.6 Å². The maximum atomic E-state index is 12.0. The SMILES string of the molecule is CC(Cl)CCNC(=O)C1CCCCC1(C)C. The van der Waals surface area contributed by atoms with Gasteiger partial charge in [-0.3, -0.25) is 4.79 Å². The van der Waals surface area contributed by atoms with Crippen molar-refractivity contribution in [3.05, 3.63) is 0 Å². The summed E-state index contributed by atoms with van der Waals surface area (Å²) in [6.07, 6.45) is 5.50. The first-order chi connectivity index (χ1) is 7.43. The van der Waals surface area contributed by atoms with Crippen molar-refractivity contribution in [3.8, 4) is 0 Å². The van der Waals surface area contributed by atoms with Gasteiger partial charge in [0.15, 0.2) is 0 Å². The Morgan fingerprint density at radius 1 is 1.50 bits per heavy atom. The molecule has 2 unspecified atom stereocenters. The van der Waals surface area contributed by atoms with Crippen molar-refractivity contribution in [2.24, 2.45) is 11.3 Å². The Morgan fingerprint density at radius 3 is 2.75 bits per heavy atom. The lowest BCUT2D eigenvalue weighted by Gasteiger charge is -2.37. The van der Waals surface area contributed by atoms with Crippen molar-refractivity contribution in [2.45, 2.75) is 58.3 Å². The molecule has 0 aromatic rings. The van der Waals surface area contributed by atoms with E-state index in [2.05, 4.69) is 19.2 Å². The second-order valence-electron chi connectivity index (χ2n) is 5.65. The summed E-state index contributed by atoms with van der Waals surface area (Å²) in [5.41, 5.74) is 0.162. The van der Waals surface area contributed by atoms with Crippen LogP contribution in [0.1, 0.15) is 52.9 Å². The van der Waals surface area contributed by atoms with Crippen LogP contribution in [0.2, 0.25) is 0 Å². The number of carbonyl (C=O) groups is 1. The lowest BCUT2D eigenvalue weighted by atomic mass is 9.68. The van der Waals surface area contributed by atoms with E-state index in [-0.39, 0.29) is 22.6 Å². The number of hydrogen-bond acceptors (Lipinski definition) is 1. The van der Waals surface area contributed by atoms with Crippen molar-refractivity contribution >= 4 is 17.5 Å². The van der Waals surface area contributed by atoms with Gasteiger partial charge in [-0.25, -0.2) is 0 Å². The highest BCUT2D eigenvalue weighted by atomic mass is 35.5. The zero-order valence-electron chi connectivity index (χ0n) is 10.7. The summed E-state index contributed by atoms with van der Waals surface area (Å²) in [6, 6.07) is 0. The molecule has 1 amide bonds. The fraction of sp³-hybridized carbons (Fsp3) is 0.923. The van der Waals surface area contributed by atoms with Crippen molar-refractivity contribution < 1.29 is 4.79 Å². The summed E-state index contributed by atoms with van der Waals surface area (Å²) in [5, 5.41) is 3.15. The minimum atomic E-state index is 0.139. The van der Waals surface area contributed by atoms with Gasteiger partial charge in [0.05, 0.1) is 0 Å². The molecule has 0 aromatic heterocycles. The number of amides is 1. The Balaban J connectivity index is 2.40. The predicted molar refractivity (Wildman–Crippen MR) is 68.7 cm³/mol.